The van der Waals surface area contributed by atoms with Crippen molar-refractivity contribution >= 4 is 23.5 Å². The molecule has 0 unspecified atom stereocenters. The fourth-order valence-electron chi connectivity index (χ4n) is 5.94. The molecule has 6 rings (SSSR count). The number of rotatable bonds is 11. The van der Waals surface area contributed by atoms with Gasteiger partial charge in [0.2, 0.25) is 12.7 Å². The Balaban J connectivity index is 1.18. The Kier molecular flexibility index (Phi) is 9.83. The lowest BCUT2D eigenvalue weighted by Gasteiger charge is -2.26. The second-order valence-electron chi connectivity index (χ2n) is 11.9. The topological polar surface area (TPSA) is 98.3 Å². The van der Waals surface area contributed by atoms with Crippen molar-refractivity contribution < 1.29 is 23.7 Å². The lowest BCUT2D eigenvalue weighted by Crippen LogP contribution is -2.34. The maximum atomic E-state index is 13.8. The lowest BCUT2D eigenvalue weighted by molar-refractivity contribution is 0.174. The molecule has 2 aliphatic heterocycles. The quantitative estimate of drug-likeness (QED) is 0.172. The van der Waals surface area contributed by atoms with Crippen LogP contribution in [-0.4, -0.2) is 54.0 Å². The molecule has 1 aromatic heterocycles. The van der Waals surface area contributed by atoms with Crippen LogP contribution >= 0.6 is 0 Å². The van der Waals surface area contributed by atoms with Crippen molar-refractivity contribution in [3.05, 3.63) is 89.1 Å². The molecule has 10 nitrogen and oxygen atoms in total. The Morgan fingerprint density at radius 3 is 2.59 bits per heavy atom. The first-order valence-corrected chi connectivity index (χ1v) is 15.9. The highest BCUT2D eigenvalue weighted by molar-refractivity contribution is 5.88. The molecule has 0 radical (unpaired) electrons. The van der Waals surface area contributed by atoms with Crippen LogP contribution in [0.25, 0.3) is 0 Å². The number of nitrogens with one attached hydrogen (secondary N) is 1. The zero-order valence-electron chi connectivity index (χ0n) is 26.8. The second kappa shape index (κ2) is 14.5. The van der Waals surface area contributed by atoms with Crippen LogP contribution in [0, 0.1) is 20.8 Å². The van der Waals surface area contributed by atoms with Crippen molar-refractivity contribution in [1.29, 1.82) is 0 Å². The molecule has 10 heteroatoms. The largest absolute Gasteiger partial charge is 0.493 e. The van der Waals surface area contributed by atoms with Crippen LogP contribution in [0.4, 0.5) is 22.2 Å². The van der Waals surface area contributed by atoms with E-state index in [1.807, 2.05) is 75.4 Å². The first-order chi connectivity index (χ1) is 22.4. The zero-order valence-corrected chi connectivity index (χ0v) is 26.8. The molecule has 0 bridgehead atoms. The number of anilines is 3. The number of benzene rings is 3. The first kappa shape index (κ1) is 31.2. The number of likely N-dealkylation sites (tertiary alicyclic amines) is 1. The number of piperidine rings is 1. The number of carbonyl (C=O) groups is 1. The van der Waals surface area contributed by atoms with E-state index in [-0.39, 0.29) is 13.3 Å². The highest BCUT2D eigenvalue weighted by Gasteiger charge is 2.24. The van der Waals surface area contributed by atoms with E-state index in [1.165, 1.54) is 37.3 Å². The van der Waals surface area contributed by atoms with Gasteiger partial charge in [0.1, 0.15) is 17.3 Å². The van der Waals surface area contributed by atoms with Crippen molar-refractivity contribution in [2.45, 2.75) is 53.0 Å². The molecule has 3 aromatic carbocycles. The van der Waals surface area contributed by atoms with Gasteiger partial charge < -0.3 is 29.2 Å². The summed E-state index contributed by atoms with van der Waals surface area (Å²) >= 11 is 0. The fraction of sp³-hybridized carbons (Fsp3) is 0.361. The van der Waals surface area contributed by atoms with E-state index in [9.17, 15) is 4.79 Å². The number of aromatic nitrogens is 2. The predicted molar refractivity (Wildman–Crippen MR) is 178 cm³/mol. The molecule has 0 spiro atoms. The van der Waals surface area contributed by atoms with Gasteiger partial charge in [-0.25, -0.2) is 9.78 Å². The Morgan fingerprint density at radius 1 is 0.957 bits per heavy atom. The maximum absolute atomic E-state index is 13.8. The summed E-state index contributed by atoms with van der Waals surface area (Å²) in [5, 5.41) is 3.27. The van der Waals surface area contributed by atoms with Crippen LogP contribution in [0.1, 0.15) is 47.9 Å². The van der Waals surface area contributed by atoms with Gasteiger partial charge in [0.05, 0.1) is 13.2 Å². The molecule has 3 heterocycles. The average Bonchev–Trinajstić information content (AvgIpc) is 3.52. The van der Waals surface area contributed by atoms with E-state index < -0.39 is 6.09 Å². The summed E-state index contributed by atoms with van der Waals surface area (Å²) in [7, 11) is 0. The van der Waals surface area contributed by atoms with Gasteiger partial charge in [-0.15, -0.1) is 0 Å². The minimum absolute atomic E-state index is 0.169. The van der Waals surface area contributed by atoms with Crippen LogP contribution < -0.4 is 29.2 Å². The van der Waals surface area contributed by atoms with Crippen molar-refractivity contribution in [3.63, 3.8) is 0 Å². The standard InChI is InChI=1S/C36H41N5O5/c1-25-19-26(2)34(27(3)20-25)46-36(42)41(23-28-11-12-31-32(21-28)45-24-44-31)33-13-14-37-35(39-33)38-29-9-7-10-30(22-29)43-18-8-17-40-15-5-4-6-16-40/h7,9-14,19-22H,4-6,8,15-18,23-24H2,1-3H3,(H,37,38,39). The summed E-state index contributed by atoms with van der Waals surface area (Å²) in [5.41, 5.74) is 4.48. The third-order valence-corrected chi connectivity index (χ3v) is 8.14. The number of aryl methyl sites for hydroxylation is 3. The van der Waals surface area contributed by atoms with Crippen molar-refractivity contribution in [1.82, 2.24) is 14.9 Å². The molecule has 0 saturated carbocycles. The molecular weight excluding hydrogens is 582 g/mol. The van der Waals surface area contributed by atoms with E-state index in [2.05, 4.69) is 15.2 Å². The molecule has 2 aliphatic rings. The summed E-state index contributed by atoms with van der Waals surface area (Å²) in [6, 6.07) is 19.0. The molecule has 1 saturated heterocycles. The van der Waals surface area contributed by atoms with Crippen LogP contribution in [-0.2, 0) is 6.54 Å². The van der Waals surface area contributed by atoms with Gasteiger partial charge in [-0.05, 0) is 100 Å². The summed E-state index contributed by atoms with van der Waals surface area (Å²) in [5.74, 6) is 3.34. The van der Waals surface area contributed by atoms with Gasteiger partial charge >= 0.3 is 6.09 Å². The Hall–Kier alpha value is -4.83. The van der Waals surface area contributed by atoms with Crippen molar-refractivity contribution in [2.24, 2.45) is 0 Å². The summed E-state index contributed by atoms with van der Waals surface area (Å²) in [4.78, 5) is 27.0. The van der Waals surface area contributed by atoms with Gasteiger partial charge in [-0.2, -0.15) is 4.98 Å². The molecule has 1 amide bonds. The smallest absolute Gasteiger partial charge is 0.421 e. The number of nitrogens with zero attached hydrogens (tertiary/aromatic N) is 4. The van der Waals surface area contributed by atoms with E-state index in [1.54, 1.807) is 12.3 Å². The van der Waals surface area contributed by atoms with Crippen LogP contribution in [0.2, 0.25) is 0 Å². The van der Waals surface area contributed by atoms with E-state index in [0.29, 0.717) is 35.6 Å². The van der Waals surface area contributed by atoms with Crippen LogP contribution in [0.5, 0.6) is 23.0 Å². The minimum Gasteiger partial charge on any atom is -0.493 e. The van der Waals surface area contributed by atoms with Gasteiger partial charge in [0.15, 0.2) is 11.5 Å². The van der Waals surface area contributed by atoms with Gasteiger partial charge in [0, 0.05) is 24.5 Å². The Bertz CT molecular complexity index is 1650. The molecule has 1 fully saturated rings. The normalized spacial score (nSPS) is 14.2. The lowest BCUT2D eigenvalue weighted by atomic mass is 10.1. The SMILES string of the molecule is Cc1cc(C)c(OC(=O)N(Cc2ccc3c(c2)OCO3)c2ccnc(Nc3cccc(OCCCN4CCCCC4)c3)n2)c(C)c1. The minimum atomic E-state index is -0.558. The van der Waals surface area contributed by atoms with Crippen LogP contribution in [0.15, 0.2) is 66.9 Å². The average molecular weight is 624 g/mol. The summed E-state index contributed by atoms with van der Waals surface area (Å²) in [6.07, 6.45) is 5.97. The Morgan fingerprint density at radius 2 is 1.76 bits per heavy atom. The van der Waals surface area contributed by atoms with Crippen LogP contribution in [0.3, 0.4) is 0 Å². The van der Waals surface area contributed by atoms with Crippen molar-refractivity contribution in [2.75, 3.05) is 43.3 Å². The predicted octanol–water partition coefficient (Wildman–Crippen LogP) is 7.33. The number of amides is 1. The number of carbonyl (C=O) groups excluding carboxylic acids is 1. The highest BCUT2D eigenvalue weighted by Crippen LogP contribution is 2.34. The molecule has 4 aromatic rings. The number of hydrogen-bond acceptors (Lipinski definition) is 9. The summed E-state index contributed by atoms with van der Waals surface area (Å²) < 4.78 is 23.1. The molecular formula is C36H41N5O5. The number of hydrogen-bond donors (Lipinski definition) is 1. The monoisotopic (exact) mass is 623 g/mol. The molecule has 1 N–H and O–H groups in total. The third-order valence-electron chi connectivity index (χ3n) is 8.14. The fourth-order valence-corrected chi connectivity index (χ4v) is 5.94. The first-order valence-electron chi connectivity index (χ1n) is 15.9. The maximum Gasteiger partial charge on any atom is 0.421 e. The highest BCUT2D eigenvalue weighted by atomic mass is 16.7. The number of fused-ring (bicyclic) bond motifs is 1. The molecule has 0 aliphatic carbocycles. The van der Waals surface area contributed by atoms with Gasteiger partial charge in [-0.1, -0.05) is 36.2 Å². The number of ether oxygens (including phenoxy) is 4. The van der Waals surface area contributed by atoms with E-state index in [0.717, 1.165) is 46.7 Å². The van der Waals surface area contributed by atoms with Crippen molar-refractivity contribution in [3.8, 4) is 23.0 Å². The van der Waals surface area contributed by atoms with Gasteiger partial charge in [-0.3, -0.25) is 4.90 Å². The molecule has 0 atom stereocenters. The third kappa shape index (κ3) is 7.87. The Labute approximate surface area is 270 Å². The summed E-state index contributed by atoms with van der Waals surface area (Å²) in [6.45, 7) is 10.3. The van der Waals surface area contributed by atoms with E-state index >= 15 is 0 Å². The second-order valence-corrected chi connectivity index (χ2v) is 11.9. The van der Waals surface area contributed by atoms with Gasteiger partial charge in [0.25, 0.3) is 0 Å². The molecule has 240 valence electrons. The zero-order chi connectivity index (χ0) is 31.9. The van der Waals surface area contributed by atoms with E-state index in [4.69, 9.17) is 23.9 Å². The molecule has 46 heavy (non-hydrogen) atoms.